The van der Waals surface area contributed by atoms with Crippen LogP contribution in [-0.4, -0.2) is 36.2 Å². The molecule has 1 aliphatic rings. The number of aryl methyl sites for hydroxylation is 1. The molecule has 124 valence electrons. The summed E-state index contributed by atoms with van der Waals surface area (Å²) in [5, 5.41) is 6.10. The number of carbonyl (C=O) groups excluding carboxylic acids is 1. The van der Waals surface area contributed by atoms with Gasteiger partial charge in [0.05, 0.1) is 18.9 Å². The Hall–Kier alpha value is -1.89. The van der Waals surface area contributed by atoms with Crippen LogP contribution in [0.5, 0.6) is 0 Å². The Morgan fingerprint density at radius 1 is 1.43 bits per heavy atom. The first-order valence-electron chi connectivity index (χ1n) is 7.31. The smallest absolute Gasteiger partial charge is 0.244 e. The molecule has 1 aliphatic heterocycles. The van der Waals surface area contributed by atoms with E-state index >= 15 is 0 Å². The number of carbonyl (C=O) groups is 1. The summed E-state index contributed by atoms with van der Waals surface area (Å²) in [4.78, 5) is 16.5. The number of rotatable bonds is 3. The van der Waals surface area contributed by atoms with E-state index in [0.717, 1.165) is 11.1 Å². The topological polar surface area (TPSA) is 76.4 Å². The summed E-state index contributed by atoms with van der Waals surface area (Å²) in [7, 11) is 0. The summed E-state index contributed by atoms with van der Waals surface area (Å²) in [5.74, 6) is 0.440. The van der Waals surface area contributed by atoms with Crippen LogP contribution in [0.4, 0.5) is 5.69 Å². The quantitative estimate of drug-likeness (QED) is 0.899. The average molecular weight is 338 g/mol. The van der Waals surface area contributed by atoms with Crippen LogP contribution in [0.2, 0.25) is 0 Å². The van der Waals surface area contributed by atoms with Gasteiger partial charge in [-0.05, 0) is 31.5 Å². The van der Waals surface area contributed by atoms with E-state index in [0.29, 0.717) is 24.7 Å². The summed E-state index contributed by atoms with van der Waals surface area (Å²) in [6.07, 6.45) is 2.99. The number of amides is 1. The van der Waals surface area contributed by atoms with E-state index in [1.165, 1.54) is 6.26 Å². The van der Waals surface area contributed by atoms with Gasteiger partial charge in [-0.1, -0.05) is 6.07 Å². The average Bonchev–Trinajstić information content (AvgIpc) is 3.03. The molecule has 2 atom stereocenters. The number of nitrogens with one attached hydrogen (secondary N) is 2. The molecule has 0 unspecified atom stereocenters. The summed E-state index contributed by atoms with van der Waals surface area (Å²) < 4.78 is 10.8. The number of hydrogen-bond donors (Lipinski definition) is 2. The summed E-state index contributed by atoms with van der Waals surface area (Å²) in [5.41, 5.74) is 2.61. The fourth-order valence-electron chi connectivity index (χ4n) is 2.53. The van der Waals surface area contributed by atoms with Gasteiger partial charge in [-0.25, -0.2) is 4.98 Å². The molecule has 1 aromatic heterocycles. The van der Waals surface area contributed by atoms with Crippen LogP contribution in [0, 0.1) is 6.92 Å². The minimum atomic E-state index is -0.347. The van der Waals surface area contributed by atoms with Gasteiger partial charge in [-0.3, -0.25) is 4.79 Å². The molecule has 0 saturated carbocycles. The van der Waals surface area contributed by atoms with Crippen molar-refractivity contribution >= 4 is 24.0 Å². The molecule has 0 spiro atoms. The lowest BCUT2D eigenvalue weighted by atomic mass is 10.1. The maximum atomic E-state index is 12.4. The molecule has 23 heavy (non-hydrogen) atoms. The van der Waals surface area contributed by atoms with Crippen molar-refractivity contribution in [2.75, 3.05) is 18.5 Å². The lowest BCUT2D eigenvalue weighted by Crippen LogP contribution is -2.53. The number of morpholine rings is 1. The van der Waals surface area contributed by atoms with E-state index in [-0.39, 0.29) is 30.5 Å². The van der Waals surface area contributed by atoms with Crippen LogP contribution in [0.15, 0.2) is 35.1 Å². The Labute approximate surface area is 141 Å². The second kappa shape index (κ2) is 7.59. The minimum absolute atomic E-state index is 0. The van der Waals surface area contributed by atoms with Crippen LogP contribution >= 0.6 is 12.4 Å². The van der Waals surface area contributed by atoms with Crippen LogP contribution in [0.1, 0.15) is 12.5 Å². The highest BCUT2D eigenvalue weighted by Gasteiger charge is 2.28. The molecule has 3 rings (SSSR count). The van der Waals surface area contributed by atoms with Crippen molar-refractivity contribution in [3.63, 3.8) is 0 Å². The first-order chi connectivity index (χ1) is 10.6. The van der Waals surface area contributed by atoms with E-state index in [1.54, 1.807) is 6.20 Å². The zero-order valence-corrected chi connectivity index (χ0v) is 13.9. The minimum Gasteiger partial charge on any atom is -0.445 e. The third-order valence-corrected chi connectivity index (χ3v) is 3.77. The van der Waals surface area contributed by atoms with Crippen LogP contribution in [0.3, 0.4) is 0 Å². The van der Waals surface area contributed by atoms with Crippen molar-refractivity contribution < 1.29 is 13.9 Å². The highest BCUT2D eigenvalue weighted by molar-refractivity contribution is 5.95. The van der Waals surface area contributed by atoms with Crippen molar-refractivity contribution in [3.8, 4) is 11.5 Å². The highest BCUT2D eigenvalue weighted by Crippen LogP contribution is 2.25. The third-order valence-electron chi connectivity index (χ3n) is 3.77. The number of nitrogens with zero attached hydrogens (tertiary/aromatic N) is 1. The summed E-state index contributed by atoms with van der Waals surface area (Å²) in [6, 6.07) is 5.32. The number of ether oxygens (including phenoxy) is 1. The van der Waals surface area contributed by atoms with Gasteiger partial charge in [0, 0.05) is 17.8 Å². The van der Waals surface area contributed by atoms with Gasteiger partial charge in [0.25, 0.3) is 0 Å². The second-order valence-electron chi connectivity index (χ2n) is 5.36. The lowest BCUT2D eigenvalue weighted by Gasteiger charge is -2.29. The highest BCUT2D eigenvalue weighted by atomic mass is 35.5. The van der Waals surface area contributed by atoms with E-state index in [1.807, 2.05) is 32.0 Å². The summed E-state index contributed by atoms with van der Waals surface area (Å²) >= 11 is 0. The lowest BCUT2D eigenvalue weighted by molar-refractivity contribution is -0.123. The fraction of sp³-hybridized carbons (Fsp3) is 0.375. The van der Waals surface area contributed by atoms with Crippen molar-refractivity contribution in [2.24, 2.45) is 0 Å². The van der Waals surface area contributed by atoms with Crippen LogP contribution in [-0.2, 0) is 9.53 Å². The molecule has 1 amide bonds. The fourth-order valence-corrected chi connectivity index (χ4v) is 2.53. The molecule has 1 saturated heterocycles. The predicted molar refractivity (Wildman–Crippen MR) is 89.8 cm³/mol. The largest absolute Gasteiger partial charge is 0.445 e. The van der Waals surface area contributed by atoms with E-state index in [2.05, 4.69) is 15.6 Å². The number of anilines is 1. The normalized spacial score (nSPS) is 20.6. The molecule has 6 nitrogen and oxygen atoms in total. The molecule has 7 heteroatoms. The molecule has 0 radical (unpaired) electrons. The third kappa shape index (κ3) is 3.90. The van der Waals surface area contributed by atoms with Gasteiger partial charge in [0.2, 0.25) is 11.8 Å². The number of oxazole rings is 1. The molecule has 1 fully saturated rings. The number of hydrogen-bond acceptors (Lipinski definition) is 5. The molecule has 2 N–H and O–H groups in total. The van der Waals surface area contributed by atoms with Gasteiger partial charge in [0.15, 0.2) is 0 Å². The maximum absolute atomic E-state index is 12.4. The molecule has 2 aromatic rings. The van der Waals surface area contributed by atoms with Crippen molar-refractivity contribution in [2.45, 2.75) is 26.0 Å². The van der Waals surface area contributed by atoms with Crippen LogP contribution in [0.25, 0.3) is 11.5 Å². The Morgan fingerprint density at radius 2 is 2.26 bits per heavy atom. The number of aromatic nitrogens is 1. The van der Waals surface area contributed by atoms with E-state index in [4.69, 9.17) is 9.15 Å². The zero-order valence-electron chi connectivity index (χ0n) is 13.0. The van der Waals surface area contributed by atoms with Crippen LogP contribution < -0.4 is 10.6 Å². The molecule has 0 bridgehead atoms. The Balaban J connectivity index is 0.00000192. The molecule has 2 heterocycles. The van der Waals surface area contributed by atoms with Gasteiger partial charge >= 0.3 is 0 Å². The molecular weight excluding hydrogens is 318 g/mol. The van der Waals surface area contributed by atoms with Crippen molar-refractivity contribution in [3.05, 3.63) is 36.2 Å². The maximum Gasteiger partial charge on any atom is 0.244 e. The Morgan fingerprint density at radius 3 is 2.96 bits per heavy atom. The second-order valence-corrected chi connectivity index (χ2v) is 5.36. The number of benzene rings is 1. The van der Waals surface area contributed by atoms with Gasteiger partial charge in [-0.2, -0.15) is 0 Å². The SMILES string of the molecule is Cc1ccc(NC(=O)[C@H]2NCCO[C@@H]2C)cc1-c1ncco1.Cl. The monoisotopic (exact) mass is 337 g/mol. The standard InChI is InChI=1S/C16H19N3O3.ClH/c1-10-3-4-12(9-13(10)16-18-6-8-22-16)19-15(20)14-11(2)21-7-5-17-14;/h3-4,6,8-9,11,14,17H,5,7H2,1-2H3,(H,19,20);1H/t11-,14+;/m1./s1. The molecule has 1 aromatic carbocycles. The molecular formula is C16H20ClN3O3. The first-order valence-corrected chi connectivity index (χ1v) is 7.31. The Kier molecular flexibility index (Phi) is 5.76. The predicted octanol–water partition coefficient (Wildman–Crippen LogP) is 2.39. The zero-order chi connectivity index (χ0) is 15.5. The van der Waals surface area contributed by atoms with Gasteiger partial charge in [0.1, 0.15) is 12.3 Å². The molecule has 0 aliphatic carbocycles. The number of halogens is 1. The van der Waals surface area contributed by atoms with E-state index < -0.39 is 0 Å². The van der Waals surface area contributed by atoms with Gasteiger partial charge in [-0.15, -0.1) is 12.4 Å². The Bertz CT molecular complexity index is 661. The van der Waals surface area contributed by atoms with Gasteiger partial charge < -0.3 is 19.8 Å². The van der Waals surface area contributed by atoms with Crippen molar-refractivity contribution in [1.82, 2.24) is 10.3 Å². The van der Waals surface area contributed by atoms with E-state index in [9.17, 15) is 4.79 Å². The van der Waals surface area contributed by atoms with Crippen molar-refractivity contribution in [1.29, 1.82) is 0 Å². The summed E-state index contributed by atoms with van der Waals surface area (Å²) in [6.45, 7) is 5.18. The first kappa shape index (κ1) is 17.5.